The molecule has 5 nitrogen and oxygen atoms in total. The third-order valence-electron chi connectivity index (χ3n) is 4.06. The number of methoxy groups -OCH3 is 2. The van der Waals surface area contributed by atoms with Crippen LogP contribution in [0.15, 0.2) is 54.6 Å². The summed E-state index contributed by atoms with van der Waals surface area (Å²) < 4.78 is 10.4. The summed E-state index contributed by atoms with van der Waals surface area (Å²) in [6.45, 7) is 3.97. The molecule has 2 aromatic carbocycles. The van der Waals surface area contributed by atoms with E-state index in [2.05, 4.69) is 16.3 Å². The predicted molar refractivity (Wildman–Crippen MR) is 104 cm³/mol. The van der Waals surface area contributed by atoms with Gasteiger partial charge < -0.3 is 14.8 Å². The molecule has 0 aliphatic rings. The van der Waals surface area contributed by atoms with Gasteiger partial charge in [0.15, 0.2) is 0 Å². The highest BCUT2D eigenvalue weighted by atomic mass is 16.5. The van der Waals surface area contributed by atoms with Crippen molar-refractivity contribution in [2.45, 2.75) is 13.0 Å². The number of ether oxygens (including phenoxy) is 2. The molecule has 26 heavy (non-hydrogen) atoms. The number of benzene rings is 2. The van der Waals surface area contributed by atoms with Crippen LogP contribution in [-0.4, -0.2) is 51.3 Å². The van der Waals surface area contributed by atoms with Crippen molar-refractivity contribution >= 4 is 11.6 Å². The Labute approximate surface area is 155 Å². The number of hydrogen-bond donors (Lipinski definition) is 1. The lowest BCUT2D eigenvalue weighted by molar-refractivity contribution is 0.102. The zero-order valence-corrected chi connectivity index (χ0v) is 15.6. The van der Waals surface area contributed by atoms with Crippen molar-refractivity contribution in [3.05, 3.63) is 65.7 Å². The molecular formula is C21H28N2O3. The summed E-state index contributed by atoms with van der Waals surface area (Å²) in [6.07, 6.45) is 0.967. The summed E-state index contributed by atoms with van der Waals surface area (Å²) in [6, 6.07) is 17.3. The minimum absolute atomic E-state index is 0.0964. The molecule has 0 unspecified atom stereocenters. The molecule has 140 valence electrons. The summed E-state index contributed by atoms with van der Waals surface area (Å²) in [7, 11) is 3.43. The van der Waals surface area contributed by atoms with E-state index in [1.807, 2.05) is 48.5 Å². The normalized spacial score (nSPS) is 10.9. The van der Waals surface area contributed by atoms with Gasteiger partial charge in [-0.3, -0.25) is 9.69 Å². The lowest BCUT2D eigenvalue weighted by Gasteiger charge is -2.22. The Morgan fingerprint density at radius 3 is 2.46 bits per heavy atom. The lowest BCUT2D eigenvalue weighted by atomic mass is 10.1. The van der Waals surface area contributed by atoms with Crippen molar-refractivity contribution in [1.29, 1.82) is 0 Å². The molecule has 1 N–H and O–H groups in total. The minimum atomic E-state index is -0.0964. The second-order valence-electron chi connectivity index (χ2n) is 6.14. The number of nitrogens with zero attached hydrogens (tertiary/aromatic N) is 1. The molecule has 1 amide bonds. The molecule has 0 aliphatic heterocycles. The van der Waals surface area contributed by atoms with Crippen LogP contribution in [0.5, 0.6) is 0 Å². The van der Waals surface area contributed by atoms with Gasteiger partial charge in [-0.2, -0.15) is 0 Å². The van der Waals surface area contributed by atoms with Crippen molar-refractivity contribution < 1.29 is 14.3 Å². The zero-order valence-electron chi connectivity index (χ0n) is 15.6. The van der Waals surface area contributed by atoms with Crippen LogP contribution in [0.2, 0.25) is 0 Å². The molecule has 0 atom stereocenters. The van der Waals surface area contributed by atoms with Gasteiger partial charge >= 0.3 is 0 Å². The van der Waals surface area contributed by atoms with Crippen LogP contribution >= 0.6 is 0 Å². The minimum Gasteiger partial charge on any atom is -0.385 e. The SMILES string of the molecule is COCCCN(CCOC)Cc1cccc(C(=O)Nc2ccccc2)c1. The third kappa shape index (κ3) is 6.96. The highest BCUT2D eigenvalue weighted by Crippen LogP contribution is 2.12. The van der Waals surface area contributed by atoms with E-state index < -0.39 is 0 Å². The molecule has 0 aromatic heterocycles. The van der Waals surface area contributed by atoms with Gasteiger partial charge in [-0.15, -0.1) is 0 Å². The standard InChI is InChI=1S/C21H28N2O3/c1-25-14-7-12-23(13-15-26-2)17-18-8-6-9-19(16-18)21(24)22-20-10-4-3-5-11-20/h3-6,8-11,16H,7,12-15,17H2,1-2H3,(H,22,24). The number of hydrogen-bond acceptors (Lipinski definition) is 4. The molecule has 0 aliphatic carbocycles. The van der Waals surface area contributed by atoms with Gasteiger partial charge in [0.1, 0.15) is 0 Å². The fraction of sp³-hybridized carbons (Fsp3) is 0.381. The first-order chi connectivity index (χ1) is 12.7. The Balaban J connectivity index is 2.00. The van der Waals surface area contributed by atoms with E-state index in [0.29, 0.717) is 12.2 Å². The first-order valence-corrected chi connectivity index (χ1v) is 8.88. The second-order valence-corrected chi connectivity index (χ2v) is 6.14. The third-order valence-corrected chi connectivity index (χ3v) is 4.06. The molecule has 0 spiro atoms. The van der Waals surface area contributed by atoms with E-state index in [1.165, 1.54) is 0 Å². The Kier molecular flexibility index (Phi) is 8.83. The van der Waals surface area contributed by atoms with E-state index >= 15 is 0 Å². The van der Waals surface area contributed by atoms with E-state index in [0.717, 1.165) is 43.9 Å². The Morgan fingerprint density at radius 2 is 1.73 bits per heavy atom. The number of carbonyl (C=O) groups is 1. The molecule has 0 radical (unpaired) electrons. The zero-order chi connectivity index (χ0) is 18.6. The molecule has 5 heteroatoms. The Morgan fingerprint density at radius 1 is 0.962 bits per heavy atom. The van der Waals surface area contributed by atoms with E-state index in [4.69, 9.17) is 9.47 Å². The van der Waals surface area contributed by atoms with Gasteiger partial charge in [-0.05, 0) is 36.2 Å². The van der Waals surface area contributed by atoms with E-state index in [9.17, 15) is 4.79 Å². The van der Waals surface area contributed by atoms with Crippen molar-refractivity contribution in [2.75, 3.05) is 45.8 Å². The first kappa shape index (κ1) is 20.1. The highest BCUT2D eigenvalue weighted by molar-refractivity contribution is 6.04. The molecule has 2 aromatic rings. The van der Waals surface area contributed by atoms with Gasteiger partial charge in [0.2, 0.25) is 0 Å². The smallest absolute Gasteiger partial charge is 0.255 e. The fourth-order valence-corrected chi connectivity index (χ4v) is 2.72. The molecule has 0 heterocycles. The molecule has 0 saturated heterocycles. The maximum Gasteiger partial charge on any atom is 0.255 e. The van der Waals surface area contributed by atoms with Crippen LogP contribution in [0.4, 0.5) is 5.69 Å². The van der Waals surface area contributed by atoms with Crippen LogP contribution in [-0.2, 0) is 16.0 Å². The summed E-state index contributed by atoms with van der Waals surface area (Å²) in [5.74, 6) is -0.0964. The average molecular weight is 356 g/mol. The monoisotopic (exact) mass is 356 g/mol. The summed E-state index contributed by atoms with van der Waals surface area (Å²) in [4.78, 5) is 14.8. The van der Waals surface area contributed by atoms with Gasteiger partial charge in [-0.1, -0.05) is 30.3 Å². The van der Waals surface area contributed by atoms with Crippen molar-refractivity contribution in [2.24, 2.45) is 0 Å². The Bertz CT molecular complexity index is 661. The summed E-state index contributed by atoms with van der Waals surface area (Å²) in [5.41, 5.74) is 2.57. The number of nitrogens with one attached hydrogen (secondary N) is 1. The Hall–Kier alpha value is -2.21. The van der Waals surface area contributed by atoms with Gasteiger partial charge in [0.05, 0.1) is 6.61 Å². The lowest BCUT2D eigenvalue weighted by Crippen LogP contribution is -2.29. The second kappa shape index (κ2) is 11.4. The maximum atomic E-state index is 12.5. The number of carbonyl (C=O) groups excluding carboxylic acids is 1. The first-order valence-electron chi connectivity index (χ1n) is 8.88. The topological polar surface area (TPSA) is 50.8 Å². The molecule has 0 fully saturated rings. The van der Waals surface area contributed by atoms with Crippen LogP contribution < -0.4 is 5.32 Å². The van der Waals surface area contributed by atoms with E-state index in [1.54, 1.807) is 14.2 Å². The van der Waals surface area contributed by atoms with Crippen LogP contribution in [0, 0.1) is 0 Å². The predicted octanol–water partition coefficient (Wildman–Crippen LogP) is 3.42. The van der Waals surface area contributed by atoms with Gasteiger partial charge in [-0.25, -0.2) is 0 Å². The largest absolute Gasteiger partial charge is 0.385 e. The summed E-state index contributed by atoms with van der Waals surface area (Å²) >= 11 is 0. The summed E-state index contributed by atoms with van der Waals surface area (Å²) in [5, 5.41) is 2.93. The number of anilines is 1. The molecule has 0 bridgehead atoms. The van der Waals surface area contributed by atoms with Crippen molar-refractivity contribution in [1.82, 2.24) is 4.90 Å². The number of rotatable bonds is 11. The average Bonchev–Trinajstić information content (AvgIpc) is 2.67. The molecule has 2 rings (SSSR count). The maximum absolute atomic E-state index is 12.5. The van der Waals surface area contributed by atoms with Crippen molar-refractivity contribution in [3.63, 3.8) is 0 Å². The van der Waals surface area contributed by atoms with Crippen molar-refractivity contribution in [3.8, 4) is 0 Å². The van der Waals surface area contributed by atoms with Crippen LogP contribution in [0.1, 0.15) is 22.3 Å². The van der Waals surface area contributed by atoms with Crippen LogP contribution in [0.25, 0.3) is 0 Å². The molecule has 0 saturated carbocycles. The fourth-order valence-electron chi connectivity index (χ4n) is 2.72. The number of para-hydroxylation sites is 1. The van der Waals surface area contributed by atoms with Crippen LogP contribution in [0.3, 0.4) is 0 Å². The number of amides is 1. The van der Waals surface area contributed by atoms with Gasteiger partial charge in [0, 0.05) is 51.7 Å². The van der Waals surface area contributed by atoms with E-state index in [-0.39, 0.29) is 5.91 Å². The van der Waals surface area contributed by atoms with Gasteiger partial charge in [0.25, 0.3) is 5.91 Å². The molecular weight excluding hydrogens is 328 g/mol. The quantitative estimate of drug-likeness (QED) is 0.627. The highest BCUT2D eigenvalue weighted by Gasteiger charge is 2.10.